The molecule has 3 rings (SSSR count). The van der Waals surface area contributed by atoms with Crippen molar-refractivity contribution in [1.82, 2.24) is 4.90 Å². The summed E-state index contributed by atoms with van der Waals surface area (Å²) in [5.74, 6) is 0.527. The largest absolute Gasteiger partial charge is 0.497 e. The molecule has 5 nitrogen and oxygen atoms in total. The molecule has 1 aromatic carbocycles. The van der Waals surface area contributed by atoms with Gasteiger partial charge in [-0.15, -0.1) is 0 Å². The zero-order chi connectivity index (χ0) is 12.7. The molecular formula is C13H15NO4. The van der Waals surface area contributed by atoms with Gasteiger partial charge in [-0.2, -0.15) is 0 Å². The summed E-state index contributed by atoms with van der Waals surface area (Å²) in [6, 6.07) is 7.43. The number of benzene rings is 1. The van der Waals surface area contributed by atoms with Gasteiger partial charge in [0.05, 0.1) is 19.8 Å². The molecule has 1 amide bonds. The zero-order valence-corrected chi connectivity index (χ0v) is 10.1. The number of methoxy groups -OCH3 is 1. The van der Waals surface area contributed by atoms with E-state index < -0.39 is 6.10 Å². The van der Waals surface area contributed by atoms with E-state index in [1.807, 2.05) is 24.3 Å². The Hall–Kier alpha value is -1.59. The van der Waals surface area contributed by atoms with Gasteiger partial charge in [0.2, 0.25) is 0 Å². The molecule has 2 saturated heterocycles. The van der Waals surface area contributed by atoms with Crippen LogP contribution in [0.15, 0.2) is 24.3 Å². The van der Waals surface area contributed by atoms with Crippen LogP contribution in [-0.4, -0.2) is 41.8 Å². The Morgan fingerprint density at radius 3 is 2.78 bits per heavy atom. The van der Waals surface area contributed by atoms with Gasteiger partial charge in [0.1, 0.15) is 11.9 Å². The number of amides is 1. The van der Waals surface area contributed by atoms with Crippen molar-refractivity contribution in [3.05, 3.63) is 29.8 Å². The number of nitrogens with zero attached hydrogens (tertiary/aromatic N) is 1. The van der Waals surface area contributed by atoms with E-state index in [9.17, 15) is 9.90 Å². The molecule has 5 heteroatoms. The van der Waals surface area contributed by atoms with E-state index in [0.29, 0.717) is 13.0 Å². The Morgan fingerprint density at radius 2 is 2.11 bits per heavy atom. The minimum Gasteiger partial charge on any atom is -0.497 e. The second-order valence-electron chi connectivity index (χ2n) is 4.61. The highest BCUT2D eigenvalue weighted by Crippen LogP contribution is 2.37. The molecule has 1 N–H and O–H groups in total. The quantitative estimate of drug-likeness (QED) is 0.837. The number of carbonyl (C=O) groups excluding carboxylic acids is 1. The fraction of sp³-hybridized carbons (Fsp3) is 0.462. The van der Waals surface area contributed by atoms with Gasteiger partial charge in [-0.25, -0.2) is 0 Å². The maximum atomic E-state index is 11.9. The number of hydrogen-bond acceptors (Lipinski definition) is 4. The van der Waals surface area contributed by atoms with Gasteiger partial charge in [0, 0.05) is 12.0 Å². The maximum absolute atomic E-state index is 11.9. The Kier molecular flexibility index (Phi) is 2.72. The average Bonchev–Trinajstić information content (AvgIpc) is 2.92. The minimum absolute atomic E-state index is 0.000369. The SMILES string of the molecule is COc1ccc([C@H]2OC[C@@H]3C[C@H](O)C(=O)N32)cc1. The molecule has 0 radical (unpaired) electrons. The lowest BCUT2D eigenvalue weighted by Gasteiger charge is -2.22. The first-order valence-corrected chi connectivity index (χ1v) is 5.96. The van der Waals surface area contributed by atoms with Gasteiger partial charge in [-0.3, -0.25) is 4.79 Å². The van der Waals surface area contributed by atoms with Crippen molar-refractivity contribution in [1.29, 1.82) is 0 Å². The van der Waals surface area contributed by atoms with Crippen LogP contribution in [0.2, 0.25) is 0 Å². The van der Waals surface area contributed by atoms with E-state index in [1.165, 1.54) is 0 Å². The van der Waals surface area contributed by atoms with Gasteiger partial charge in [-0.1, -0.05) is 12.1 Å². The van der Waals surface area contributed by atoms with Gasteiger partial charge in [0.15, 0.2) is 6.23 Å². The molecule has 0 aromatic heterocycles. The number of ether oxygens (including phenoxy) is 2. The first-order chi connectivity index (χ1) is 8.70. The van der Waals surface area contributed by atoms with Crippen LogP contribution in [0.1, 0.15) is 18.2 Å². The fourth-order valence-electron chi connectivity index (χ4n) is 2.59. The Morgan fingerprint density at radius 1 is 1.39 bits per heavy atom. The summed E-state index contributed by atoms with van der Waals surface area (Å²) in [6.07, 6.45) is -0.795. The summed E-state index contributed by atoms with van der Waals surface area (Å²) in [6.45, 7) is 0.486. The molecule has 96 valence electrons. The second-order valence-corrected chi connectivity index (χ2v) is 4.61. The van der Waals surface area contributed by atoms with Crippen molar-refractivity contribution in [3.63, 3.8) is 0 Å². The number of fused-ring (bicyclic) bond motifs is 1. The van der Waals surface area contributed by atoms with Crippen LogP contribution in [0, 0.1) is 0 Å². The lowest BCUT2D eigenvalue weighted by atomic mass is 10.2. The number of aliphatic hydroxyl groups is 1. The van der Waals surface area contributed by atoms with E-state index in [2.05, 4.69) is 0 Å². The molecule has 0 unspecified atom stereocenters. The van der Waals surface area contributed by atoms with Gasteiger partial charge >= 0.3 is 0 Å². The molecule has 0 aliphatic carbocycles. The summed E-state index contributed by atoms with van der Waals surface area (Å²) < 4.78 is 10.7. The normalized spacial score (nSPS) is 30.7. The van der Waals surface area contributed by atoms with Crippen LogP contribution in [0.5, 0.6) is 5.75 Å². The third-order valence-corrected chi connectivity index (χ3v) is 3.53. The number of rotatable bonds is 2. The minimum atomic E-state index is -0.875. The van der Waals surface area contributed by atoms with Crippen molar-refractivity contribution in [2.45, 2.75) is 24.8 Å². The van der Waals surface area contributed by atoms with Crippen LogP contribution in [-0.2, 0) is 9.53 Å². The van der Waals surface area contributed by atoms with E-state index >= 15 is 0 Å². The lowest BCUT2D eigenvalue weighted by molar-refractivity contribution is -0.140. The average molecular weight is 249 g/mol. The van der Waals surface area contributed by atoms with Gasteiger partial charge < -0.3 is 19.5 Å². The Labute approximate surface area is 105 Å². The molecular weight excluding hydrogens is 234 g/mol. The van der Waals surface area contributed by atoms with Crippen molar-refractivity contribution in [3.8, 4) is 5.75 Å². The lowest BCUT2D eigenvalue weighted by Crippen LogP contribution is -2.33. The van der Waals surface area contributed by atoms with E-state index in [4.69, 9.17) is 9.47 Å². The Bertz CT molecular complexity index is 459. The molecule has 0 saturated carbocycles. The molecule has 3 atom stereocenters. The van der Waals surface area contributed by atoms with Crippen LogP contribution < -0.4 is 4.74 Å². The summed E-state index contributed by atoms with van der Waals surface area (Å²) >= 11 is 0. The van der Waals surface area contributed by atoms with Crippen molar-refractivity contribution in [2.75, 3.05) is 13.7 Å². The first-order valence-electron chi connectivity index (χ1n) is 5.96. The highest BCUT2D eigenvalue weighted by atomic mass is 16.5. The topological polar surface area (TPSA) is 59.0 Å². The third-order valence-electron chi connectivity index (χ3n) is 3.53. The van der Waals surface area contributed by atoms with E-state index in [-0.39, 0.29) is 18.2 Å². The predicted octanol–water partition coefficient (Wildman–Crippen LogP) is 0.686. The summed E-state index contributed by atoms with van der Waals surface area (Å²) in [5.41, 5.74) is 0.903. The van der Waals surface area contributed by atoms with Crippen molar-refractivity contribution < 1.29 is 19.4 Å². The molecule has 2 aliphatic heterocycles. The van der Waals surface area contributed by atoms with Crippen LogP contribution in [0.4, 0.5) is 0 Å². The first kappa shape index (κ1) is 11.5. The van der Waals surface area contributed by atoms with Crippen molar-refractivity contribution in [2.24, 2.45) is 0 Å². The fourth-order valence-corrected chi connectivity index (χ4v) is 2.59. The highest BCUT2D eigenvalue weighted by molar-refractivity contribution is 5.84. The number of hydrogen-bond donors (Lipinski definition) is 1. The molecule has 2 heterocycles. The summed E-state index contributed by atoms with van der Waals surface area (Å²) in [7, 11) is 1.61. The molecule has 2 aliphatic rings. The second kappa shape index (κ2) is 4.26. The third kappa shape index (κ3) is 1.67. The summed E-state index contributed by atoms with van der Waals surface area (Å²) in [5, 5.41) is 9.58. The van der Waals surface area contributed by atoms with E-state index in [0.717, 1.165) is 11.3 Å². The monoisotopic (exact) mass is 249 g/mol. The molecule has 2 fully saturated rings. The van der Waals surface area contributed by atoms with Crippen LogP contribution in [0.3, 0.4) is 0 Å². The molecule has 0 bridgehead atoms. The smallest absolute Gasteiger partial charge is 0.254 e. The molecule has 0 spiro atoms. The van der Waals surface area contributed by atoms with Gasteiger partial charge in [0.25, 0.3) is 5.91 Å². The predicted molar refractivity (Wildman–Crippen MR) is 62.9 cm³/mol. The van der Waals surface area contributed by atoms with Crippen molar-refractivity contribution >= 4 is 5.91 Å². The summed E-state index contributed by atoms with van der Waals surface area (Å²) in [4.78, 5) is 13.5. The maximum Gasteiger partial charge on any atom is 0.254 e. The standard InChI is InChI=1S/C13H15NO4/c1-17-10-4-2-8(3-5-10)13-14-9(7-18-13)6-11(15)12(14)16/h2-5,9,11,13,15H,6-7H2,1H3/t9-,11-,13+/m0/s1. The number of carbonyl (C=O) groups is 1. The highest BCUT2D eigenvalue weighted by Gasteiger charge is 2.47. The zero-order valence-electron chi connectivity index (χ0n) is 10.1. The van der Waals surface area contributed by atoms with E-state index in [1.54, 1.807) is 12.0 Å². The van der Waals surface area contributed by atoms with Gasteiger partial charge in [-0.05, 0) is 12.1 Å². The Balaban J connectivity index is 1.86. The molecule has 18 heavy (non-hydrogen) atoms. The van der Waals surface area contributed by atoms with Crippen LogP contribution >= 0.6 is 0 Å². The molecule has 1 aromatic rings. The van der Waals surface area contributed by atoms with Crippen LogP contribution in [0.25, 0.3) is 0 Å². The number of aliphatic hydroxyl groups excluding tert-OH is 1.